The van der Waals surface area contributed by atoms with Crippen molar-refractivity contribution >= 4 is 5.97 Å². The van der Waals surface area contributed by atoms with Gasteiger partial charge in [0.25, 0.3) is 0 Å². The van der Waals surface area contributed by atoms with Crippen LogP contribution in [0.5, 0.6) is 11.5 Å². The first-order chi connectivity index (χ1) is 10.6. The largest absolute Gasteiger partial charge is 0.493 e. The summed E-state index contributed by atoms with van der Waals surface area (Å²) >= 11 is 0. The fraction of sp³-hybridized carbons (Fsp3) is 0.176. The number of nitriles is 1. The van der Waals surface area contributed by atoms with E-state index in [9.17, 15) is 15.2 Å². The number of carbonyl (C=O) groups is 1. The molecule has 22 heavy (non-hydrogen) atoms. The van der Waals surface area contributed by atoms with Gasteiger partial charge in [-0.05, 0) is 17.7 Å². The molecule has 1 N–H and O–H groups in total. The van der Waals surface area contributed by atoms with E-state index in [4.69, 9.17) is 9.47 Å². The van der Waals surface area contributed by atoms with Gasteiger partial charge in [0.2, 0.25) is 0 Å². The quantitative estimate of drug-likeness (QED) is 0.917. The molecule has 0 aliphatic rings. The number of rotatable bonds is 5. The van der Waals surface area contributed by atoms with Gasteiger partial charge in [0.15, 0.2) is 11.5 Å². The number of methoxy groups -OCH3 is 2. The van der Waals surface area contributed by atoms with Crippen molar-refractivity contribution in [3.8, 4) is 17.6 Å². The van der Waals surface area contributed by atoms with Crippen LogP contribution in [0, 0.1) is 11.3 Å². The monoisotopic (exact) mass is 297 g/mol. The first-order valence-electron chi connectivity index (χ1n) is 6.56. The molecule has 0 saturated heterocycles. The van der Waals surface area contributed by atoms with Gasteiger partial charge < -0.3 is 14.6 Å². The Bertz CT molecular complexity index is 719. The zero-order chi connectivity index (χ0) is 16.1. The molecule has 0 aliphatic heterocycles. The van der Waals surface area contributed by atoms with E-state index in [1.807, 2.05) is 30.3 Å². The van der Waals surface area contributed by atoms with E-state index in [2.05, 4.69) is 6.07 Å². The maximum atomic E-state index is 11.3. The zero-order valence-corrected chi connectivity index (χ0v) is 12.2. The normalized spacial score (nSPS) is 11.3. The van der Waals surface area contributed by atoms with Gasteiger partial charge >= 0.3 is 5.97 Å². The summed E-state index contributed by atoms with van der Waals surface area (Å²) in [5, 5.41) is 18.8. The number of hydrogen-bond acceptors (Lipinski definition) is 4. The number of carboxylic acids is 1. The van der Waals surface area contributed by atoms with Gasteiger partial charge in [0, 0.05) is 5.56 Å². The minimum atomic E-state index is -1.09. The Morgan fingerprint density at radius 1 is 1.18 bits per heavy atom. The molecular weight excluding hydrogens is 282 g/mol. The number of ether oxygens (including phenoxy) is 2. The van der Waals surface area contributed by atoms with Crippen molar-refractivity contribution in [1.29, 1.82) is 5.26 Å². The van der Waals surface area contributed by atoms with Gasteiger partial charge in [-0.2, -0.15) is 5.26 Å². The number of carboxylic acid groups (broad SMARTS) is 1. The van der Waals surface area contributed by atoms with Gasteiger partial charge in [-0.15, -0.1) is 0 Å². The maximum Gasteiger partial charge on any atom is 0.335 e. The molecule has 0 spiro atoms. The smallest absolute Gasteiger partial charge is 0.335 e. The molecule has 0 aromatic heterocycles. The second-order valence-electron chi connectivity index (χ2n) is 4.58. The van der Waals surface area contributed by atoms with Crippen molar-refractivity contribution in [3.05, 3.63) is 59.2 Å². The third kappa shape index (κ3) is 2.86. The molecule has 0 saturated carbocycles. The first-order valence-corrected chi connectivity index (χ1v) is 6.56. The highest BCUT2D eigenvalue weighted by atomic mass is 16.5. The van der Waals surface area contributed by atoms with Crippen LogP contribution in [-0.4, -0.2) is 25.3 Å². The summed E-state index contributed by atoms with van der Waals surface area (Å²) in [5.74, 6) is -1.09. The summed E-state index contributed by atoms with van der Waals surface area (Å²) in [5.41, 5.74) is 1.27. The molecule has 0 amide bonds. The molecule has 0 aliphatic carbocycles. The predicted octanol–water partition coefficient (Wildman–Crippen LogP) is 3.06. The minimum absolute atomic E-state index is 0.0452. The zero-order valence-electron chi connectivity index (χ0n) is 12.2. The Labute approximate surface area is 128 Å². The Kier molecular flexibility index (Phi) is 4.64. The van der Waals surface area contributed by atoms with Crippen molar-refractivity contribution in [3.63, 3.8) is 0 Å². The third-order valence-electron chi connectivity index (χ3n) is 3.33. The molecule has 1 unspecified atom stereocenters. The summed E-state index contributed by atoms with van der Waals surface area (Å²) in [6, 6.07) is 14.2. The molecule has 2 rings (SSSR count). The lowest BCUT2D eigenvalue weighted by Gasteiger charge is -2.17. The lowest BCUT2D eigenvalue weighted by atomic mass is 9.90. The van der Waals surface area contributed by atoms with E-state index in [0.717, 1.165) is 5.56 Å². The molecule has 5 heteroatoms. The number of aromatic carboxylic acids is 1. The van der Waals surface area contributed by atoms with Crippen LogP contribution in [0.25, 0.3) is 0 Å². The fourth-order valence-corrected chi connectivity index (χ4v) is 2.30. The first kappa shape index (κ1) is 15.4. The summed E-state index contributed by atoms with van der Waals surface area (Å²) < 4.78 is 10.5. The fourth-order valence-electron chi connectivity index (χ4n) is 2.30. The Balaban J connectivity index is 2.68. The van der Waals surface area contributed by atoms with Crippen molar-refractivity contribution < 1.29 is 19.4 Å². The molecule has 0 radical (unpaired) electrons. The van der Waals surface area contributed by atoms with E-state index >= 15 is 0 Å². The summed E-state index contributed by atoms with van der Waals surface area (Å²) in [4.78, 5) is 11.3. The van der Waals surface area contributed by atoms with Crippen LogP contribution in [0.1, 0.15) is 27.4 Å². The Hall–Kier alpha value is -3.00. The van der Waals surface area contributed by atoms with Crippen molar-refractivity contribution in [2.24, 2.45) is 0 Å². The molecule has 0 fully saturated rings. The van der Waals surface area contributed by atoms with Crippen LogP contribution in [0.2, 0.25) is 0 Å². The third-order valence-corrected chi connectivity index (χ3v) is 3.33. The molecule has 0 heterocycles. The molecule has 1 atom stereocenters. The van der Waals surface area contributed by atoms with Gasteiger partial charge in [-0.25, -0.2) is 4.79 Å². The van der Waals surface area contributed by atoms with Crippen LogP contribution in [0.4, 0.5) is 0 Å². The number of nitrogens with zero attached hydrogens (tertiary/aromatic N) is 1. The number of hydrogen-bond donors (Lipinski definition) is 1. The standard InChI is InChI=1S/C17H15NO4/c1-21-15-9-12(17(19)20)8-13(16(15)22-2)14(10-18)11-6-4-3-5-7-11/h3-9,14H,1-2H3,(H,19,20). The van der Waals surface area contributed by atoms with Crippen LogP contribution in [0.15, 0.2) is 42.5 Å². The second-order valence-corrected chi connectivity index (χ2v) is 4.58. The van der Waals surface area contributed by atoms with Crippen LogP contribution in [0.3, 0.4) is 0 Å². The highest BCUT2D eigenvalue weighted by Crippen LogP contribution is 2.39. The topological polar surface area (TPSA) is 79.5 Å². The van der Waals surface area contributed by atoms with Gasteiger partial charge in [0.05, 0.1) is 31.8 Å². The van der Waals surface area contributed by atoms with Crippen LogP contribution >= 0.6 is 0 Å². The average Bonchev–Trinajstić information content (AvgIpc) is 2.55. The molecule has 0 bridgehead atoms. The Morgan fingerprint density at radius 2 is 1.86 bits per heavy atom. The highest BCUT2D eigenvalue weighted by molar-refractivity contribution is 5.89. The Morgan fingerprint density at radius 3 is 2.36 bits per heavy atom. The minimum Gasteiger partial charge on any atom is -0.493 e. The second kappa shape index (κ2) is 6.64. The molecule has 2 aromatic carbocycles. The lowest BCUT2D eigenvalue weighted by Crippen LogP contribution is -2.06. The van der Waals surface area contributed by atoms with Crippen molar-refractivity contribution in [2.75, 3.05) is 14.2 Å². The SMILES string of the molecule is COc1cc(C(=O)O)cc(C(C#N)c2ccccc2)c1OC. The molecule has 2 aromatic rings. The highest BCUT2D eigenvalue weighted by Gasteiger charge is 2.23. The van der Waals surface area contributed by atoms with E-state index in [1.165, 1.54) is 26.4 Å². The van der Waals surface area contributed by atoms with E-state index in [-0.39, 0.29) is 11.3 Å². The van der Waals surface area contributed by atoms with E-state index in [1.54, 1.807) is 0 Å². The van der Waals surface area contributed by atoms with E-state index < -0.39 is 11.9 Å². The lowest BCUT2D eigenvalue weighted by molar-refractivity contribution is 0.0696. The van der Waals surface area contributed by atoms with Gasteiger partial charge in [-0.1, -0.05) is 30.3 Å². The van der Waals surface area contributed by atoms with Crippen molar-refractivity contribution in [1.82, 2.24) is 0 Å². The van der Waals surface area contributed by atoms with Gasteiger partial charge in [-0.3, -0.25) is 0 Å². The van der Waals surface area contributed by atoms with Gasteiger partial charge in [0.1, 0.15) is 0 Å². The molecule has 5 nitrogen and oxygen atoms in total. The summed E-state index contributed by atoms with van der Waals surface area (Å²) in [7, 11) is 2.89. The maximum absolute atomic E-state index is 11.3. The number of benzene rings is 2. The van der Waals surface area contributed by atoms with Crippen LogP contribution in [-0.2, 0) is 0 Å². The predicted molar refractivity (Wildman–Crippen MR) is 80.4 cm³/mol. The molecule has 112 valence electrons. The van der Waals surface area contributed by atoms with E-state index in [0.29, 0.717) is 11.3 Å². The van der Waals surface area contributed by atoms with Crippen LogP contribution < -0.4 is 9.47 Å². The summed E-state index contributed by atoms with van der Waals surface area (Å²) in [6.45, 7) is 0. The molecular formula is C17H15NO4. The average molecular weight is 297 g/mol. The summed E-state index contributed by atoms with van der Waals surface area (Å²) in [6.07, 6.45) is 0. The van der Waals surface area contributed by atoms with Crippen molar-refractivity contribution in [2.45, 2.75) is 5.92 Å².